The minimum Gasteiger partial charge on any atom is -0.513 e. The lowest BCUT2D eigenvalue weighted by Crippen LogP contribution is -1.86. The summed E-state index contributed by atoms with van der Waals surface area (Å²) < 4.78 is 0. The van der Waals surface area contributed by atoms with Gasteiger partial charge in [-0.2, -0.15) is 0 Å². The number of aryl methyl sites for hydroxylation is 2. The largest absolute Gasteiger partial charge is 0.513 e. The van der Waals surface area contributed by atoms with E-state index in [4.69, 9.17) is 5.11 Å². The Bertz CT molecular complexity index is 510. The van der Waals surface area contributed by atoms with Gasteiger partial charge in [0.25, 0.3) is 0 Å². The number of hydrogen-bond acceptors (Lipinski definition) is 1. The number of aromatic nitrogens is 1. The van der Waals surface area contributed by atoms with E-state index in [2.05, 4.69) is 42.9 Å². The first-order valence-corrected chi connectivity index (χ1v) is 5.60. The van der Waals surface area contributed by atoms with E-state index in [1.807, 2.05) is 0 Å². The molecule has 2 aromatic rings. The zero-order valence-corrected chi connectivity index (χ0v) is 9.59. The molecule has 0 aliphatic rings. The second-order valence-corrected chi connectivity index (χ2v) is 4.28. The highest BCUT2D eigenvalue weighted by atomic mass is 16.3. The number of allylic oxidation sites excluding steroid dienone is 1. The van der Waals surface area contributed by atoms with Gasteiger partial charge in [0.1, 0.15) is 0 Å². The van der Waals surface area contributed by atoms with Crippen molar-refractivity contribution in [2.75, 3.05) is 0 Å². The smallest absolute Gasteiger partial charge is 0.0851 e. The zero-order chi connectivity index (χ0) is 11.5. The maximum atomic E-state index is 9.04. The minimum atomic E-state index is 0.274. The summed E-state index contributed by atoms with van der Waals surface area (Å²) in [7, 11) is 0. The highest BCUT2D eigenvalue weighted by Crippen LogP contribution is 2.21. The normalized spacial score (nSPS) is 10.8. The molecule has 2 heteroatoms. The minimum absolute atomic E-state index is 0.274. The van der Waals surface area contributed by atoms with Crippen molar-refractivity contribution in [3.8, 4) is 0 Å². The molecule has 2 nitrogen and oxygen atoms in total. The fourth-order valence-corrected chi connectivity index (χ4v) is 1.98. The van der Waals surface area contributed by atoms with E-state index >= 15 is 0 Å². The maximum Gasteiger partial charge on any atom is 0.0851 e. The van der Waals surface area contributed by atoms with Crippen LogP contribution in [0.4, 0.5) is 0 Å². The lowest BCUT2D eigenvalue weighted by molar-refractivity contribution is 0.387. The molecule has 0 bridgehead atoms. The van der Waals surface area contributed by atoms with Crippen molar-refractivity contribution in [2.24, 2.45) is 0 Å². The predicted molar refractivity (Wildman–Crippen MR) is 67.7 cm³/mol. The van der Waals surface area contributed by atoms with Gasteiger partial charge in [-0.15, -0.1) is 0 Å². The lowest BCUT2D eigenvalue weighted by Gasteiger charge is -2.00. The van der Waals surface area contributed by atoms with Crippen molar-refractivity contribution >= 4 is 10.9 Å². The van der Waals surface area contributed by atoms with Crippen molar-refractivity contribution < 1.29 is 5.11 Å². The summed E-state index contributed by atoms with van der Waals surface area (Å²) in [5, 5.41) is 10.3. The second kappa shape index (κ2) is 4.44. The van der Waals surface area contributed by atoms with Crippen LogP contribution in [0.25, 0.3) is 10.9 Å². The van der Waals surface area contributed by atoms with Crippen LogP contribution in [-0.4, -0.2) is 10.1 Å². The number of aromatic amines is 1. The number of H-pyrrole nitrogens is 1. The molecule has 0 spiro atoms. The first-order valence-electron chi connectivity index (χ1n) is 5.60. The van der Waals surface area contributed by atoms with Crippen LogP contribution in [0.2, 0.25) is 0 Å². The van der Waals surface area contributed by atoms with Crippen LogP contribution < -0.4 is 0 Å². The van der Waals surface area contributed by atoms with Crippen LogP contribution >= 0.6 is 0 Å². The molecule has 0 radical (unpaired) electrons. The van der Waals surface area contributed by atoms with Gasteiger partial charge in [0.15, 0.2) is 0 Å². The molecule has 1 heterocycles. The number of aliphatic hydroxyl groups excluding tert-OH is 1. The number of nitrogens with one attached hydrogen (secondary N) is 1. The SMILES string of the molecule is C=C(O)CCCc1c[nH]c2ccc(C)cc12. The van der Waals surface area contributed by atoms with Crippen LogP contribution in [0, 0.1) is 6.92 Å². The molecule has 84 valence electrons. The van der Waals surface area contributed by atoms with E-state index in [1.165, 1.54) is 22.0 Å². The molecule has 0 atom stereocenters. The molecule has 0 aliphatic heterocycles. The van der Waals surface area contributed by atoms with Gasteiger partial charge in [-0.25, -0.2) is 0 Å². The van der Waals surface area contributed by atoms with Crippen LogP contribution in [0.5, 0.6) is 0 Å². The van der Waals surface area contributed by atoms with Crippen LogP contribution in [0.15, 0.2) is 36.7 Å². The predicted octanol–water partition coefficient (Wildman–Crippen LogP) is 3.87. The Morgan fingerprint density at radius 2 is 2.25 bits per heavy atom. The molecular weight excluding hydrogens is 198 g/mol. The van der Waals surface area contributed by atoms with Crippen molar-refractivity contribution in [3.05, 3.63) is 47.9 Å². The molecule has 0 amide bonds. The van der Waals surface area contributed by atoms with Crippen molar-refractivity contribution in [1.29, 1.82) is 0 Å². The zero-order valence-electron chi connectivity index (χ0n) is 9.59. The van der Waals surface area contributed by atoms with Crippen molar-refractivity contribution in [3.63, 3.8) is 0 Å². The fraction of sp³-hybridized carbons (Fsp3) is 0.286. The molecular formula is C14H17NO. The number of benzene rings is 1. The number of aliphatic hydroxyl groups is 1. The van der Waals surface area contributed by atoms with E-state index in [0.717, 1.165) is 12.8 Å². The molecule has 0 fully saturated rings. The van der Waals surface area contributed by atoms with Crippen LogP contribution in [0.3, 0.4) is 0 Å². The first kappa shape index (κ1) is 10.8. The van der Waals surface area contributed by atoms with Gasteiger partial charge >= 0.3 is 0 Å². The summed E-state index contributed by atoms with van der Waals surface area (Å²) >= 11 is 0. The van der Waals surface area contributed by atoms with Crippen LogP contribution in [0.1, 0.15) is 24.0 Å². The Morgan fingerprint density at radius 3 is 3.00 bits per heavy atom. The summed E-state index contributed by atoms with van der Waals surface area (Å²) in [4.78, 5) is 3.27. The number of rotatable bonds is 4. The van der Waals surface area contributed by atoms with E-state index in [-0.39, 0.29) is 5.76 Å². The molecule has 16 heavy (non-hydrogen) atoms. The Kier molecular flexibility index (Phi) is 3.00. The van der Waals surface area contributed by atoms with Gasteiger partial charge in [-0.3, -0.25) is 0 Å². The van der Waals surface area contributed by atoms with Crippen molar-refractivity contribution in [2.45, 2.75) is 26.2 Å². The lowest BCUT2D eigenvalue weighted by atomic mass is 10.1. The Labute approximate surface area is 95.6 Å². The Morgan fingerprint density at radius 1 is 1.44 bits per heavy atom. The Hall–Kier alpha value is -1.70. The molecule has 1 aromatic carbocycles. The van der Waals surface area contributed by atoms with Gasteiger partial charge in [0, 0.05) is 23.5 Å². The summed E-state index contributed by atoms with van der Waals surface area (Å²) in [6.07, 6.45) is 4.65. The average molecular weight is 215 g/mol. The highest BCUT2D eigenvalue weighted by Gasteiger charge is 2.03. The van der Waals surface area contributed by atoms with Gasteiger partial charge in [-0.05, 0) is 37.5 Å². The molecule has 0 saturated carbocycles. The molecule has 1 aromatic heterocycles. The quantitative estimate of drug-likeness (QED) is 0.746. The Balaban J connectivity index is 2.17. The topological polar surface area (TPSA) is 36.0 Å². The fourth-order valence-electron chi connectivity index (χ4n) is 1.98. The van der Waals surface area contributed by atoms with Gasteiger partial charge in [-0.1, -0.05) is 18.2 Å². The second-order valence-electron chi connectivity index (χ2n) is 4.28. The monoisotopic (exact) mass is 215 g/mol. The summed E-state index contributed by atoms with van der Waals surface area (Å²) in [5.74, 6) is 0.274. The third-order valence-electron chi connectivity index (χ3n) is 2.83. The van der Waals surface area contributed by atoms with Gasteiger partial charge in [0.2, 0.25) is 0 Å². The maximum absolute atomic E-state index is 9.04. The summed E-state index contributed by atoms with van der Waals surface area (Å²) in [5.41, 5.74) is 3.78. The van der Waals surface area contributed by atoms with E-state index in [1.54, 1.807) is 0 Å². The summed E-state index contributed by atoms with van der Waals surface area (Å²) in [6.45, 7) is 5.60. The molecule has 2 rings (SSSR count). The molecule has 0 saturated heterocycles. The van der Waals surface area contributed by atoms with E-state index < -0.39 is 0 Å². The van der Waals surface area contributed by atoms with Crippen LogP contribution in [-0.2, 0) is 6.42 Å². The summed E-state index contributed by atoms with van der Waals surface area (Å²) in [6, 6.07) is 6.42. The van der Waals surface area contributed by atoms with Gasteiger partial charge < -0.3 is 10.1 Å². The highest BCUT2D eigenvalue weighted by molar-refractivity contribution is 5.83. The van der Waals surface area contributed by atoms with E-state index in [0.29, 0.717) is 6.42 Å². The van der Waals surface area contributed by atoms with Crippen molar-refractivity contribution in [1.82, 2.24) is 4.98 Å². The third kappa shape index (κ3) is 2.27. The number of fused-ring (bicyclic) bond motifs is 1. The average Bonchev–Trinajstić information content (AvgIpc) is 2.60. The van der Waals surface area contributed by atoms with E-state index in [9.17, 15) is 0 Å². The first-order chi connectivity index (χ1) is 7.66. The molecule has 2 N–H and O–H groups in total. The number of hydrogen-bond donors (Lipinski definition) is 2. The van der Waals surface area contributed by atoms with Gasteiger partial charge in [0.05, 0.1) is 5.76 Å². The molecule has 0 unspecified atom stereocenters. The third-order valence-corrected chi connectivity index (χ3v) is 2.83. The molecule has 0 aliphatic carbocycles. The standard InChI is InChI=1S/C14H17NO/c1-10-6-7-14-13(8-10)12(9-15-14)5-3-4-11(2)16/h6-9,15-16H,2-5H2,1H3.